The Morgan fingerprint density at radius 1 is 1.19 bits per heavy atom. The number of ether oxygens (including phenoxy) is 1. The quantitative estimate of drug-likeness (QED) is 0.728. The number of sulfonamides is 1. The molecule has 1 aliphatic rings. The van der Waals surface area contributed by atoms with Crippen LogP contribution in [0.15, 0.2) is 53.4 Å². The smallest absolute Gasteiger partial charge is 0.307 e. The average Bonchev–Trinajstić information content (AvgIpc) is 2.62. The molecule has 1 heterocycles. The van der Waals surface area contributed by atoms with Crippen LogP contribution in [0.3, 0.4) is 0 Å². The van der Waals surface area contributed by atoms with Gasteiger partial charge in [0.05, 0.1) is 24.1 Å². The molecule has 0 aromatic heterocycles. The molecule has 26 heavy (non-hydrogen) atoms. The molecule has 0 bridgehead atoms. The summed E-state index contributed by atoms with van der Waals surface area (Å²) in [6.07, 6.45) is 0.549. The van der Waals surface area contributed by atoms with Crippen molar-refractivity contribution in [1.82, 2.24) is 4.31 Å². The number of nitrogens with zero attached hydrogens (tertiary/aromatic N) is 1. The van der Waals surface area contributed by atoms with E-state index in [4.69, 9.17) is 16.3 Å². The Labute approximate surface area is 158 Å². The molecule has 2 aromatic carbocycles. The Balaban J connectivity index is 2.04. The van der Waals surface area contributed by atoms with Crippen LogP contribution >= 0.6 is 11.6 Å². The van der Waals surface area contributed by atoms with E-state index in [1.807, 2.05) is 24.3 Å². The Hall–Kier alpha value is -1.89. The van der Waals surface area contributed by atoms with Crippen molar-refractivity contribution in [3.63, 3.8) is 0 Å². The van der Waals surface area contributed by atoms with E-state index in [1.54, 1.807) is 25.1 Å². The third kappa shape index (κ3) is 3.63. The van der Waals surface area contributed by atoms with E-state index in [2.05, 4.69) is 0 Å². The minimum atomic E-state index is -3.85. The number of carbonyl (C=O) groups excluding carboxylic acids is 1. The van der Waals surface area contributed by atoms with Gasteiger partial charge in [-0.1, -0.05) is 48.0 Å². The summed E-state index contributed by atoms with van der Waals surface area (Å²) in [6.45, 7) is 2.27. The molecule has 0 saturated heterocycles. The summed E-state index contributed by atoms with van der Waals surface area (Å²) in [5.41, 5.74) is 1.88. The lowest BCUT2D eigenvalue weighted by atomic mass is 9.92. The lowest BCUT2D eigenvalue weighted by Gasteiger charge is -2.36. The van der Waals surface area contributed by atoms with Crippen molar-refractivity contribution in [3.8, 4) is 0 Å². The van der Waals surface area contributed by atoms with Crippen LogP contribution in [0.2, 0.25) is 5.02 Å². The first-order chi connectivity index (χ1) is 12.4. The first kappa shape index (κ1) is 18.9. The fourth-order valence-corrected chi connectivity index (χ4v) is 5.39. The molecule has 0 spiro atoms. The highest BCUT2D eigenvalue weighted by Crippen LogP contribution is 2.37. The Morgan fingerprint density at radius 3 is 2.62 bits per heavy atom. The average molecular weight is 394 g/mol. The first-order valence-corrected chi connectivity index (χ1v) is 10.3. The lowest BCUT2D eigenvalue weighted by molar-refractivity contribution is -0.144. The van der Waals surface area contributed by atoms with Gasteiger partial charge in [0.1, 0.15) is 4.90 Å². The second kappa shape index (κ2) is 7.78. The molecule has 1 aliphatic heterocycles. The van der Waals surface area contributed by atoms with Crippen molar-refractivity contribution >= 4 is 27.6 Å². The number of rotatable bonds is 5. The summed E-state index contributed by atoms with van der Waals surface area (Å²) >= 11 is 6.13. The van der Waals surface area contributed by atoms with Crippen LogP contribution in [-0.2, 0) is 26.0 Å². The molecule has 0 fully saturated rings. The number of hydrogen-bond acceptors (Lipinski definition) is 4. The maximum atomic E-state index is 13.3. The van der Waals surface area contributed by atoms with E-state index in [1.165, 1.54) is 10.4 Å². The molecule has 5 nitrogen and oxygen atoms in total. The second-order valence-corrected chi connectivity index (χ2v) is 8.29. The molecular weight excluding hydrogens is 374 g/mol. The molecule has 3 rings (SSSR count). The summed E-state index contributed by atoms with van der Waals surface area (Å²) < 4.78 is 32.9. The van der Waals surface area contributed by atoms with Gasteiger partial charge in [-0.05, 0) is 36.6 Å². The molecule has 0 radical (unpaired) electrons. The van der Waals surface area contributed by atoms with Crippen molar-refractivity contribution in [2.24, 2.45) is 0 Å². The second-order valence-electron chi connectivity index (χ2n) is 6.02. The van der Waals surface area contributed by atoms with E-state index in [0.29, 0.717) is 6.42 Å². The number of fused-ring (bicyclic) bond motifs is 1. The third-order valence-electron chi connectivity index (χ3n) is 4.45. The molecule has 0 aliphatic carbocycles. The monoisotopic (exact) mass is 393 g/mol. The van der Waals surface area contributed by atoms with Gasteiger partial charge >= 0.3 is 5.97 Å². The summed E-state index contributed by atoms with van der Waals surface area (Å²) in [7, 11) is -3.85. The van der Waals surface area contributed by atoms with Crippen LogP contribution in [0.4, 0.5) is 0 Å². The summed E-state index contributed by atoms with van der Waals surface area (Å²) in [4.78, 5) is 12.2. The third-order valence-corrected chi connectivity index (χ3v) is 6.86. The maximum absolute atomic E-state index is 13.3. The van der Waals surface area contributed by atoms with Crippen LogP contribution in [-0.4, -0.2) is 31.8 Å². The standard InChI is InChI=1S/C19H20ClNO4S/c1-2-25-19(22)13-17-15-8-4-3-7-14(15)11-12-21(17)26(23,24)18-10-6-5-9-16(18)20/h3-10,17H,2,11-13H2,1H3. The molecule has 2 aromatic rings. The predicted octanol–water partition coefficient (Wildman–Crippen LogP) is 3.58. The fraction of sp³-hybridized carbons (Fsp3) is 0.316. The number of benzene rings is 2. The van der Waals surface area contributed by atoms with E-state index in [-0.39, 0.29) is 29.5 Å². The highest BCUT2D eigenvalue weighted by atomic mass is 35.5. The van der Waals surface area contributed by atoms with Gasteiger partial charge in [-0.25, -0.2) is 8.42 Å². The molecule has 1 atom stereocenters. The Morgan fingerprint density at radius 2 is 1.88 bits per heavy atom. The highest BCUT2D eigenvalue weighted by molar-refractivity contribution is 7.89. The summed E-state index contributed by atoms with van der Waals surface area (Å²) in [6, 6.07) is 13.3. The van der Waals surface area contributed by atoms with E-state index in [9.17, 15) is 13.2 Å². The van der Waals surface area contributed by atoms with Crippen molar-refractivity contribution in [2.45, 2.75) is 30.7 Å². The summed E-state index contributed by atoms with van der Waals surface area (Å²) in [5, 5.41) is 0.168. The van der Waals surface area contributed by atoms with Gasteiger partial charge in [-0.3, -0.25) is 4.79 Å². The fourth-order valence-electron chi connectivity index (χ4n) is 3.29. The first-order valence-electron chi connectivity index (χ1n) is 8.45. The zero-order chi connectivity index (χ0) is 18.7. The normalized spacial score (nSPS) is 17.5. The van der Waals surface area contributed by atoms with Crippen LogP contribution in [0, 0.1) is 0 Å². The van der Waals surface area contributed by atoms with Gasteiger partial charge in [0.25, 0.3) is 0 Å². The molecule has 0 amide bonds. The van der Waals surface area contributed by atoms with Crippen LogP contribution in [0.1, 0.15) is 30.5 Å². The Kier molecular flexibility index (Phi) is 5.65. The number of carbonyl (C=O) groups is 1. The van der Waals surface area contributed by atoms with Gasteiger partial charge in [-0.2, -0.15) is 4.31 Å². The molecule has 0 saturated carbocycles. The van der Waals surface area contributed by atoms with Gasteiger partial charge < -0.3 is 4.74 Å². The van der Waals surface area contributed by atoms with Crippen LogP contribution in [0.5, 0.6) is 0 Å². The molecule has 1 unspecified atom stereocenters. The van der Waals surface area contributed by atoms with Gasteiger partial charge in [0.15, 0.2) is 0 Å². The van der Waals surface area contributed by atoms with E-state index < -0.39 is 22.0 Å². The molecule has 0 N–H and O–H groups in total. The van der Waals surface area contributed by atoms with Crippen molar-refractivity contribution in [1.29, 1.82) is 0 Å². The topological polar surface area (TPSA) is 63.7 Å². The SMILES string of the molecule is CCOC(=O)CC1c2ccccc2CCN1S(=O)(=O)c1ccccc1Cl. The van der Waals surface area contributed by atoms with E-state index >= 15 is 0 Å². The van der Waals surface area contributed by atoms with Gasteiger partial charge in [-0.15, -0.1) is 0 Å². The lowest BCUT2D eigenvalue weighted by Crippen LogP contribution is -2.41. The van der Waals surface area contributed by atoms with Gasteiger partial charge in [0, 0.05) is 6.54 Å². The maximum Gasteiger partial charge on any atom is 0.307 e. The summed E-state index contributed by atoms with van der Waals surface area (Å²) in [5.74, 6) is -0.423. The van der Waals surface area contributed by atoms with Crippen LogP contribution in [0.25, 0.3) is 0 Å². The van der Waals surface area contributed by atoms with Crippen LogP contribution < -0.4 is 0 Å². The molecule has 138 valence electrons. The largest absolute Gasteiger partial charge is 0.466 e. The number of hydrogen-bond donors (Lipinski definition) is 0. The molecule has 7 heteroatoms. The zero-order valence-electron chi connectivity index (χ0n) is 14.4. The van der Waals surface area contributed by atoms with E-state index in [0.717, 1.165) is 11.1 Å². The number of esters is 1. The van der Waals surface area contributed by atoms with Gasteiger partial charge in [0.2, 0.25) is 10.0 Å². The zero-order valence-corrected chi connectivity index (χ0v) is 16.0. The molecular formula is C19H20ClNO4S. The minimum Gasteiger partial charge on any atom is -0.466 e. The van der Waals surface area contributed by atoms with Crippen molar-refractivity contribution in [3.05, 3.63) is 64.7 Å². The highest BCUT2D eigenvalue weighted by Gasteiger charge is 2.38. The predicted molar refractivity (Wildman–Crippen MR) is 99.5 cm³/mol. The minimum absolute atomic E-state index is 0.0332. The number of halogens is 1. The van der Waals surface area contributed by atoms with Crippen molar-refractivity contribution in [2.75, 3.05) is 13.2 Å². The van der Waals surface area contributed by atoms with Crippen molar-refractivity contribution < 1.29 is 17.9 Å². The Bertz CT molecular complexity index is 913.